The lowest BCUT2D eigenvalue weighted by atomic mass is 10.0. The van der Waals surface area contributed by atoms with E-state index in [0.29, 0.717) is 19.4 Å². The third kappa shape index (κ3) is 63.4. The molecule has 0 rings (SSSR count). The molecule has 0 radical (unpaired) electrons. The summed E-state index contributed by atoms with van der Waals surface area (Å²) in [5.74, 6) is -0.0436. The van der Waals surface area contributed by atoms with Crippen LogP contribution < -0.4 is 5.32 Å². The third-order valence-corrected chi connectivity index (χ3v) is 16.5. The maximum absolute atomic E-state index is 12.4. The van der Waals surface area contributed by atoms with Crippen molar-refractivity contribution in [2.75, 3.05) is 13.2 Å². The van der Waals surface area contributed by atoms with E-state index in [1.165, 1.54) is 327 Å². The Bertz CT molecular complexity index is 1200. The molecule has 2 atom stereocenters. The normalized spacial score (nSPS) is 12.6. The third-order valence-electron chi connectivity index (χ3n) is 16.5. The van der Waals surface area contributed by atoms with Crippen LogP contribution in [0.4, 0.5) is 0 Å². The molecule has 0 fully saturated rings. The number of carbonyl (C=O) groups is 2. The molecule has 0 aliphatic carbocycles. The molecule has 0 aromatic carbocycles. The Kier molecular flexibility index (Phi) is 65.4. The fourth-order valence-corrected chi connectivity index (χ4v) is 11.1. The van der Waals surface area contributed by atoms with E-state index < -0.39 is 12.1 Å². The lowest BCUT2D eigenvalue weighted by Crippen LogP contribution is -2.45. The molecule has 0 spiro atoms. The van der Waals surface area contributed by atoms with Gasteiger partial charge in [-0.15, -0.1) is 0 Å². The van der Waals surface area contributed by atoms with Crippen molar-refractivity contribution in [1.82, 2.24) is 5.32 Å². The van der Waals surface area contributed by atoms with Crippen molar-refractivity contribution < 1.29 is 24.5 Å². The molecule has 0 aromatic heterocycles. The summed E-state index contributed by atoms with van der Waals surface area (Å²) >= 11 is 0. The molecule has 2 unspecified atom stereocenters. The fraction of sp³-hybridized carbons (Fsp3) is 0.915. The zero-order chi connectivity index (χ0) is 55.7. The van der Waals surface area contributed by atoms with Crippen molar-refractivity contribution in [2.24, 2.45) is 0 Å². The molecule has 6 heteroatoms. The Labute approximate surface area is 481 Å². The molecular formula is C71H137NO5. The second-order valence-corrected chi connectivity index (χ2v) is 24.2. The minimum absolute atomic E-state index is 0.0210. The molecule has 0 saturated carbocycles. The first-order valence-corrected chi connectivity index (χ1v) is 35.1. The quantitative estimate of drug-likeness (QED) is 0.0320. The van der Waals surface area contributed by atoms with Crippen LogP contribution in [0.5, 0.6) is 0 Å². The van der Waals surface area contributed by atoms with Crippen LogP contribution in [0.2, 0.25) is 0 Å². The van der Waals surface area contributed by atoms with Gasteiger partial charge in [0.15, 0.2) is 0 Å². The molecule has 0 aliphatic rings. The number of aliphatic hydroxyl groups excluding tert-OH is 2. The summed E-state index contributed by atoms with van der Waals surface area (Å²) in [7, 11) is 0. The summed E-state index contributed by atoms with van der Waals surface area (Å²) in [6, 6.07) is -0.622. The first-order valence-electron chi connectivity index (χ1n) is 35.1. The average molecular weight is 1080 g/mol. The van der Waals surface area contributed by atoms with Crippen LogP contribution in [0.25, 0.3) is 0 Å². The van der Waals surface area contributed by atoms with E-state index in [4.69, 9.17) is 4.74 Å². The maximum atomic E-state index is 12.4. The predicted octanol–water partition coefficient (Wildman–Crippen LogP) is 22.5. The number of ether oxygens (including phenoxy) is 1. The van der Waals surface area contributed by atoms with Gasteiger partial charge in [-0.05, 0) is 57.8 Å². The van der Waals surface area contributed by atoms with Gasteiger partial charge in [0.1, 0.15) is 0 Å². The lowest BCUT2D eigenvalue weighted by molar-refractivity contribution is -0.143. The minimum atomic E-state index is -0.838. The first kappa shape index (κ1) is 75.3. The number of amides is 1. The van der Waals surface area contributed by atoms with E-state index in [2.05, 4.69) is 31.3 Å². The van der Waals surface area contributed by atoms with Crippen molar-refractivity contribution in [3.63, 3.8) is 0 Å². The number of unbranched alkanes of at least 4 members (excludes halogenated alkanes) is 53. The number of allylic oxidation sites excluding steroid dienone is 3. The highest BCUT2D eigenvalue weighted by Crippen LogP contribution is 2.19. The summed E-state index contributed by atoms with van der Waals surface area (Å²) in [5, 5.41) is 23.0. The van der Waals surface area contributed by atoms with Crippen LogP contribution >= 0.6 is 0 Å². The molecule has 456 valence electrons. The van der Waals surface area contributed by atoms with Crippen molar-refractivity contribution in [2.45, 2.75) is 405 Å². The molecule has 0 heterocycles. The summed E-state index contributed by atoms with van der Waals surface area (Å²) in [5.41, 5.74) is 0. The van der Waals surface area contributed by atoms with Gasteiger partial charge in [-0.25, -0.2) is 0 Å². The van der Waals surface area contributed by atoms with Crippen LogP contribution in [-0.2, 0) is 14.3 Å². The fourth-order valence-electron chi connectivity index (χ4n) is 11.1. The molecule has 0 aromatic rings. The van der Waals surface area contributed by atoms with Crippen molar-refractivity contribution >= 4 is 11.9 Å². The average Bonchev–Trinajstić information content (AvgIpc) is 3.43. The van der Waals surface area contributed by atoms with Gasteiger partial charge >= 0.3 is 5.97 Å². The Morgan fingerprint density at radius 3 is 0.922 bits per heavy atom. The predicted molar refractivity (Wildman–Crippen MR) is 338 cm³/mol. The standard InChI is InChI=1S/C71H137NO5/c1-3-5-7-9-11-13-14-15-16-17-32-36-39-42-45-49-53-57-61-65-71(76)77-66-62-58-54-50-46-43-40-37-34-31-29-27-25-23-21-19-18-20-22-24-26-28-30-33-35-38-41-44-48-52-56-60-64-70(75)72-68(67-73)69(74)63-59-55-51-47-12-10-8-6-4-2/h15-16,59,63,68-69,73-74H,3-14,17-58,60-62,64-67H2,1-2H3,(H,72,75)/b16-15-,63-59+. The zero-order valence-electron chi connectivity index (χ0n) is 52.2. The first-order chi connectivity index (χ1) is 38.0. The monoisotopic (exact) mass is 1080 g/mol. The molecular weight excluding hydrogens is 947 g/mol. The van der Waals surface area contributed by atoms with Crippen LogP contribution in [0.15, 0.2) is 24.3 Å². The van der Waals surface area contributed by atoms with Crippen molar-refractivity contribution in [3.8, 4) is 0 Å². The molecule has 0 bridgehead atoms. The highest BCUT2D eigenvalue weighted by atomic mass is 16.5. The summed E-state index contributed by atoms with van der Waals surface area (Å²) in [6.07, 6.45) is 84.3. The minimum Gasteiger partial charge on any atom is -0.466 e. The molecule has 0 aliphatic heterocycles. The molecule has 3 N–H and O–H groups in total. The van der Waals surface area contributed by atoms with Crippen molar-refractivity contribution in [1.29, 1.82) is 0 Å². The van der Waals surface area contributed by atoms with E-state index in [9.17, 15) is 19.8 Å². The second kappa shape index (κ2) is 66.8. The van der Waals surface area contributed by atoms with Gasteiger partial charge in [-0.2, -0.15) is 0 Å². The van der Waals surface area contributed by atoms with E-state index >= 15 is 0 Å². The number of rotatable bonds is 66. The van der Waals surface area contributed by atoms with E-state index in [1.807, 2.05) is 6.08 Å². The van der Waals surface area contributed by atoms with Gasteiger partial charge in [-0.1, -0.05) is 346 Å². The summed E-state index contributed by atoms with van der Waals surface area (Å²) < 4.78 is 5.51. The van der Waals surface area contributed by atoms with Gasteiger partial charge in [0.05, 0.1) is 25.4 Å². The van der Waals surface area contributed by atoms with Crippen LogP contribution in [0.1, 0.15) is 393 Å². The SMILES string of the molecule is CCCCCCCC/C=C\CCCCCCCCCCCC(=O)OCCCCCCCCCCCCCCCCCCCCCCCCCCCCCCCCCCC(=O)NC(CO)C(O)/C=C/CCCCCCCCC. The second-order valence-electron chi connectivity index (χ2n) is 24.2. The molecule has 1 amide bonds. The Hall–Kier alpha value is -1.66. The summed E-state index contributed by atoms with van der Waals surface area (Å²) in [6.45, 7) is 4.90. The topological polar surface area (TPSA) is 95.9 Å². The Morgan fingerprint density at radius 2 is 0.610 bits per heavy atom. The van der Waals surface area contributed by atoms with Crippen LogP contribution in [0, 0.1) is 0 Å². The number of nitrogens with one attached hydrogen (secondary N) is 1. The van der Waals surface area contributed by atoms with Gasteiger partial charge in [0.25, 0.3) is 0 Å². The van der Waals surface area contributed by atoms with Crippen LogP contribution in [-0.4, -0.2) is 47.4 Å². The van der Waals surface area contributed by atoms with E-state index in [1.54, 1.807) is 6.08 Å². The zero-order valence-corrected chi connectivity index (χ0v) is 52.2. The number of hydrogen-bond acceptors (Lipinski definition) is 5. The van der Waals surface area contributed by atoms with Gasteiger partial charge in [0, 0.05) is 12.8 Å². The van der Waals surface area contributed by atoms with E-state index in [0.717, 1.165) is 38.5 Å². The summed E-state index contributed by atoms with van der Waals surface area (Å²) in [4.78, 5) is 24.5. The number of esters is 1. The number of aliphatic hydroxyl groups is 2. The highest BCUT2D eigenvalue weighted by molar-refractivity contribution is 5.76. The molecule has 77 heavy (non-hydrogen) atoms. The van der Waals surface area contributed by atoms with Crippen molar-refractivity contribution in [3.05, 3.63) is 24.3 Å². The Morgan fingerprint density at radius 1 is 0.351 bits per heavy atom. The van der Waals surface area contributed by atoms with Gasteiger partial charge in [0.2, 0.25) is 5.91 Å². The maximum Gasteiger partial charge on any atom is 0.305 e. The van der Waals surface area contributed by atoms with Crippen LogP contribution in [0.3, 0.4) is 0 Å². The Balaban J connectivity index is 3.28. The lowest BCUT2D eigenvalue weighted by Gasteiger charge is -2.20. The number of carbonyl (C=O) groups excluding carboxylic acids is 2. The smallest absolute Gasteiger partial charge is 0.305 e. The highest BCUT2D eigenvalue weighted by Gasteiger charge is 2.18. The van der Waals surface area contributed by atoms with Gasteiger partial charge < -0.3 is 20.3 Å². The molecule has 6 nitrogen and oxygen atoms in total. The number of hydrogen-bond donors (Lipinski definition) is 3. The van der Waals surface area contributed by atoms with E-state index in [-0.39, 0.29) is 18.5 Å². The largest absolute Gasteiger partial charge is 0.466 e. The molecule has 0 saturated heterocycles. The van der Waals surface area contributed by atoms with Gasteiger partial charge in [-0.3, -0.25) is 9.59 Å².